The molecule has 308 valence electrons. The Balaban J connectivity index is 1.43. The predicted octanol–water partition coefficient (Wildman–Crippen LogP) is 2.70. The summed E-state index contributed by atoms with van der Waals surface area (Å²) in [7, 11) is 2.55. The average molecular weight is 810 g/mol. The lowest BCUT2D eigenvalue weighted by Gasteiger charge is -2.39. The molecule has 18 nitrogen and oxygen atoms in total. The third-order valence-corrected chi connectivity index (χ3v) is 10.4. The lowest BCUT2D eigenvalue weighted by Crippen LogP contribution is -2.60. The molecule has 0 radical (unpaired) electrons. The third-order valence-electron chi connectivity index (χ3n) is 10.4. The molecule has 0 amide bonds. The van der Waals surface area contributed by atoms with Crippen molar-refractivity contribution in [3.8, 4) is 74.6 Å². The Morgan fingerprint density at radius 3 is 2.02 bits per heavy atom. The van der Waals surface area contributed by atoms with E-state index in [9.17, 15) is 61.3 Å². The standard InChI is InChI=1S/C40H40O18/c1-14(30-23(46)11-20(43)17-9-25(48)36(57-38(17)30)15-4-5-19(42)22(45)6-15)31-24(47)12-21(44)18-10-28(55-40-35(52)34(51)33(50)29(13-41)56-40)37(58-39(18)31)16-7-26(53-2)32(49)27(8-16)54-3/h4-8,10-12,14,25,29,33-36,40-41,48,50-52H,9,13H2,1-3H3,(H6-,42,43,44,45,46,47,49)/p+1/t14?,25-,29+,33+,34-,35+,36+,40+/m0/s1. The summed E-state index contributed by atoms with van der Waals surface area (Å²) in [5, 5.41) is 128. The van der Waals surface area contributed by atoms with Crippen molar-refractivity contribution in [2.24, 2.45) is 0 Å². The lowest BCUT2D eigenvalue weighted by molar-refractivity contribution is -0.277. The van der Waals surface area contributed by atoms with Crippen LogP contribution in [-0.4, -0.2) is 119 Å². The van der Waals surface area contributed by atoms with Crippen LogP contribution in [-0.2, 0) is 11.2 Å². The zero-order valence-electron chi connectivity index (χ0n) is 31.0. The molecule has 0 saturated carbocycles. The highest BCUT2D eigenvalue weighted by atomic mass is 16.7. The molecule has 4 aromatic carbocycles. The SMILES string of the molecule is COc1cc(-c2[o+]c3c(C(C)c4c(O)cc(O)c5c4O[C@H](c4ccc(O)c(O)c4)[C@@H](O)C5)c(O)cc(O)c3cc2O[C@@H]2O[C@H](CO)[C@@H](O)[C@H](O)[C@H]2O)cc(OC)c1O. The van der Waals surface area contributed by atoms with Crippen molar-refractivity contribution >= 4 is 11.0 Å². The van der Waals surface area contributed by atoms with E-state index >= 15 is 0 Å². The summed E-state index contributed by atoms with van der Waals surface area (Å²) < 4.78 is 35.0. The van der Waals surface area contributed by atoms with Crippen LogP contribution in [0.25, 0.3) is 22.3 Å². The summed E-state index contributed by atoms with van der Waals surface area (Å²) in [4.78, 5) is 0. The maximum atomic E-state index is 11.5. The quantitative estimate of drug-likeness (QED) is 0.0752. The molecular formula is C40H41O18+. The molecule has 1 unspecified atom stereocenters. The largest absolute Gasteiger partial charge is 0.507 e. The zero-order valence-corrected chi connectivity index (χ0v) is 31.0. The minimum Gasteiger partial charge on any atom is -0.507 e. The number of rotatable bonds is 9. The molecule has 0 aliphatic carbocycles. The van der Waals surface area contributed by atoms with Gasteiger partial charge in [0.05, 0.1) is 32.5 Å². The maximum Gasteiger partial charge on any atom is 0.402 e. The number of aliphatic hydroxyl groups excluding tert-OH is 5. The van der Waals surface area contributed by atoms with Crippen LogP contribution in [0.5, 0.6) is 63.2 Å². The Bertz CT molecular complexity index is 2350. The molecule has 1 fully saturated rings. The van der Waals surface area contributed by atoms with Gasteiger partial charge in [-0.25, -0.2) is 4.42 Å². The number of hydrogen-bond acceptors (Lipinski definition) is 17. The number of methoxy groups -OCH3 is 2. The van der Waals surface area contributed by atoms with Gasteiger partial charge in [-0.2, -0.15) is 0 Å². The number of aromatic hydroxyl groups is 7. The summed E-state index contributed by atoms with van der Waals surface area (Å²) in [6, 6.07) is 9.75. The van der Waals surface area contributed by atoms with Gasteiger partial charge < -0.3 is 85.0 Å². The molecule has 1 saturated heterocycles. The van der Waals surface area contributed by atoms with Crippen molar-refractivity contribution in [3.63, 3.8) is 0 Å². The minimum absolute atomic E-state index is 0.00126. The van der Waals surface area contributed by atoms with Crippen LogP contribution in [0, 0.1) is 0 Å². The van der Waals surface area contributed by atoms with Crippen molar-refractivity contribution in [3.05, 3.63) is 70.8 Å². The van der Waals surface area contributed by atoms with Gasteiger partial charge >= 0.3 is 11.3 Å². The Morgan fingerprint density at radius 2 is 1.38 bits per heavy atom. The molecular weight excluding hydrogens is 768 g/mol. The van der Waals surface area contributed by atoms with Crippen molar-refractivity contribution in [2.75, 3.05) is 20.8 Å². The molecule has 1 aromatic heterocycles. The van der Waals surface area contributed by atoms with E-state index in [1.54, 1.807) is 6.92 Å². The fraction of sp³-hybridized carbons (Fsp3) is 0.325. The van der Waals surface area contributed by atoms with Crippen LogP contribution in [0.1, 0.15) is 41.2 Å². The van der Waals surface area contributed by atoms with Crippen LogP contribution in [0.4, 0.5) is 0 Å². The predicted molar refractivity (Wildman–Crippen MR) is 199 cm³/mol. The van der Waals surface area contributed by atoms with Gasteiger partial charge in [0.2, 0.25) is 17.8 Å². The molecule has 12 N–H and O–H groups in total. The topological polar surface area (TPSA) is 300 Å². The molecule has 18 heteroatoms. The van der Waals surface area contributed by atoms with Gasteiger partial charge in [-0.15, -0.1) is 0 Å². The highest BCUT2D eigenvalue weighted by Gasteiger charge is 2.46. The molecule has 58 heavy (non-hydrogen) atoms. The Morgan fingerprint density at radius 1 is 0.724 bits per heavy atom. The molecule has 2 aliphatic heterocycles. The van der Waals surface area contributed by atoms with Crippen LogP contribution in [0.2, 0.25) is 0 Å². The first-order valence-electron chi connectivity index (χ1n) is 17.8. The first-order valence-corrected chi connectivity index (χ1v) is 17.8. The van der Waals surface area contributed by atoms with E-state index < -0.39 is 89.9 Å². The summed E-state index contributed by atoms with van der Waals surface area (Å²) in [5.41, 5.74) is 0.189. The molecule has 2 aliphatic rings. The fourth-order valence-corrected chi connectivity index (χ4v) is 7.40. The highest BCUT2D eigenvalue weighted by molar-refractivity contribution is 5.92. The van der Waals surface area contributed by atoms with Crippen LogP contribution in [0.15, 0.2) is 52.9 Å². The summed E-state index contributed by atoms with van der Waals surface area (Å²) in [5.74, 6) is -5.12. The summed E-state index contributed by atoms with van der Waals surface area (Å²) >= 11 is 0. The zero-order chi connectivity index (χ0) is 41.9. The first-order chi connectivity index (χ1) is 27.6. The number of aliphatic hydroxyl groups is 5. The normalized spacial score (nSPS) is 23.5. The van der Waals surface area contributed by atoms with Crippen LogP contribution >= 0.6 is 0 Å². The maximum absolute atomic E-state index is 11.5. The molecule has 3 heterocycles. The highest BCUT2D eigenvalue weighted by Crippen LogP contribution is 2.54. The number of phenolic OH excluding ortho intramolecular Hbond substituents is 7. The molecule has 0 bridgehead atoms. The van der Waals surface area contributed by atoms with E-state index in [4.69, 9.17) is 28.1 Å². The fourth-order valence-electron chi connectivity index (χ4n) is 7.40. The van der Waals surface area contributed by atoms with Crippen molar-refractivity contribution in [1.29, 1.82) is 0 Å². The van der Waals surface area contributed by atoms with E-state index in [2.05, 4.69) is 0 Å². The Labute approximate surface area is 328 Å². The second-order valence-corrected chi connectivity index (χ2v) is 14.0. The second kappa shape index (κ2) is 15.3. The monoisotopic (exact) mass is 809 g/mol. The van der Waals surface area contributed by atoms with Gasteiger partial charge in [-0.3, -0.25) is 0 Å². The molecule has 0 spiro atoms. The number of fused-ring (bicyclic) bond motifs is 2. The van der Waals surface area contributed by atoms with Crippen LogP contribution in [0.3, 0.4) is 0 Å². The minimum atomic E-state index is -1.87. The van der Waals surface area contributed by atoms with Gasteiger partial charge in [0.15, 0.2) is 23.0 Å². The van der Waals surface area contributed by atoms with Gasteiger partial charge in [0.1, 0.15) is 70.2 Å². The van der Waals surface area contributed by atoms with E-state index in [1.807, 2.05) is 0 Å². The second-order valence-electron chi connectivity index (χ2n) is 14.0. The van der Waals surface area contributed by atoms with Crippen molar-refractivity contribution in [2.45, 2.75) is 62.2 Å². The average Bonchev–Trinajstić information content (AvgIpc) is 3.19. The smallest absolute Gasteiger partial charge is 0.402 e. The summed E-state index contributed by atoms with van der Waals surface area (Å²) in [6.07, 6.45) is -11.1. The molecule has 7 rings (SSSR count). The van der Waals surface area contributed by atoms with Gasteiger partial charge in [0.25, 0.3) is 0 Å². The van der Waals surface area contributed by atoms with Crippen LogP contribution < -0.4 is 18.9 Å². The number of benzene rings is 4. The number of hydrogen-bond donors (Lipinski definition) is 12. The molecule has 5 aromatic rings. The third kappa shape index (κ3) is 6.74. The Kier molecular flexibility index (Phi) is 10.6. The van der Waals surface area contributed by atoms with Crippen molar-refractivity contribution < 1.29 is 89.4 Å². The van der Waals surface area contributed by atoms with E-state index in [-0.39, 0.29) is 79.7 Å². The Hall–Kier alpha value is -6.15. The number of ether oxygens (including phenoxy) is 5. The van der Waals surface area contributed by atoms with Gasteiger partial charge in [0, 0.05) is 53.8 Å². The first kappa shape index (κ1) is 40.1. The number of phenols is 7. The van der Waals surface area contributed by atoms with Crippen molar-refractivity contribution in [1.82, 2.24) is 0 Å². The lowest BCUT2D eigenvalue weighted by atomic mass is 9.85. The van der Waals surface area contributed by atoms with Gasteiger partial charge in [-0.05, 0) is 17.7 Å². The summed E-state index contributed by atoms with van der Waals surface area (Å²) in [6.45, 7) is 0.788. The van der Waals surface area contributed by atoms with E-state index in [0.717, 1.165) is 12.1 Å². The van der Waals surface area contributed by atoms with E-state index in [0.29, 0.717) is 0 Å². The molecule has 8 atom stereocenters. The van der Waals surface area contributed by atoms with Gasteiger partial charge in [-0.1, -0.05) is 13.0 Å². The van der Waals surface area contributed by atoms with E-state index in [1.165, 1.54) is 50.6 Å².